The highest BCUT2D eigenvalue weighted by Gasteiger charge is 2.16. The molecule has 2 rings (SSSR count). The molecule has 7 nitrogen and oxygen atoms in total. The van der Waals surface area contributed by atoms with Crippen LogP contribution >= 0.6 is 0 Å². The zero-order valence-electron chi connectivity index (χ0n) is 14.7. The van der Waals surface area contributed by atoms with E-state index in [9.17, 15) is 9.59 Å². The second-order valence-electron chi connectivity index (χ2n) is 6.09. The van der Waals surface area contributed by atoms with E-state index in [0.717, 1.165) is 30.5 Å². The van der Waals surface area contributed by atoms with Gasteiger partial charge in [0.2, 0.25) is 0 Å². The standard InChI is InChI=1S/C18H24N4O3/c1-13-8-7-9-15(12-13)22-14(2)17(20-21-22)18(25)19-11-6-4-3-5-10-16(23)24/h7-9,12H,3-6,10-11H2,1-2H3,(H,19,25)(H,23,24). The molecule has 2 aromatic rings. The number of amides is 1. The summed E-state index contributed by atoms with van der Waals surface area (Å²) in [4.78, 5) is 22.7. The normalized spacial score (nSPS) is 10.6. The number of unbranched alkanes of at least 4 members (excludes halogenated alkanes) is 3. The summed E-state index contributed by atoms with van der Waals surface area (Å²) >= 11 is 0. The Balaban J connectivity index is 1.83. The number of hydrogen-bond acceptors (Lipinski definition) is 4. The molecule has 0 saturated heterocycles. The van der Waals surface area contributed by atoms with Gasteiger partial charge >= 0.3 is 5.97 Å². The number of aliphatic carboxylic acids is 1. The van der Waals surface area contributed by atoms with Gasteiger partial charge in [0.1, 0.15) is 0 Å². The second kappa shape index (κ2) is 8.96. The number of carbonyl (C=O) groups is 2. The molecule has 1 aromatic carbocycles. The van der Waals surface area contributed by atoms with Crippen LogP contribution in [0.4, 0.5) is 0 Å². The van der Waals surface area contributed by atoms with E-state index < -0.39 is 5.97 Å². The van der Waals surface area contributed by atoms with Crippen molar-refractivity contribution in [2.45, 2.75) is 46.0 Å². The van der Waals surface area contributed by atoms with Crippen LogP contribution in [0.3, 0.4) is 0 Å². The third-order valence-corrected chi connectivity index (χ3v) is 3.96. The first-order valence-electron chi connectivity index (χ1n) is 8.48. The molecular weight excluding hydrogens is 320 g/mol. The molecule has 0 aliphatic carbocycles. The first-order chi connectivity index (χ1) is 12.0. The van der Waals surface area contributed by atoms with Gasteiger partial charge in [0, 0.05) is 13.0 Å². The molecule has 134 valence electrons. The van der Waals surface area contributed by atoms with Crippen LogP contribution in [0.2, 0.25) is 0 Å². The number of nitrogens with zero attached hydrogens (tertiary/aromatic N) is 3. The van der Waals surface area contributed by atoms with E-state index in [2.05, 4.69) is 15.6 Å². The van der Waals surface area contributed by atoms with Crippen molar-refractivity contribution in [1.29, 1.82) is 0 Å². The average Bonchev–Trinajstić information content (AvgIpc) is 2.95. The molecule has 7 heteroatoms. The fraction of sp³-hybridized carbons (Fsp3) is 0.444. The number of carboxylic acid groups (broad SMARTS) is 1. The van der Waals surface area contributed by atoms with Gasteiger partial charge < -0.3 is 10.4 Å². The van der Waals surface area contributed by atoms with Crippen LogP contribution in [0.15, 0.2) is 24.3 Å². The van der Waals surface area contributed by atoms with Crippen molar-refractivity contribution in [2.75, 3.05) is 6.54 Å². The van der Waals surface area contributed by atoms with Crippen LogP contribution in [0.1, 0.15) is 53.8 Å². The molecular formula is C18H24N4O3. The smallest absolute Gasteiger partial charge is 0.303 e. The minimum atomic E-state index is -0.763. The maximum absolute atomic E-state index is 12.3. The predicted molar refractivity (Wildman–Crippen MR) is 93.9 cm³/mol. The Labute approximate surface area is 147 Å². The maximum Gasteiger partial charge on any atom is 0.303 e. The van der Waals surface area contributed by atoms with Gasteiger partial charge in [-0.1, -0.05) is 30.2 Å². The zero-order valence-corrected chi connectivity index (χ0v) is 14.7. The first-order valence-corrected chi connectivity index (χ1v) is 8.48. The molecule has 0 spiro atoms. The molecule has 1 heterocycles. The van der Waals surface area contributed by atoms with Crippen molar-refractivity contribution in [3.8, 4) is 5.69 Å². The number of aryl methyl sites for hydroxylation is 1. The highest BCUT2D eigenvalue weighted by molar-refractivity contribution is 5.93. The van der Waals surface area contributed by atoms with E-state index in [1.54, 1.807) is 4.68 Å². The lowest BCUT2D eigenvalue weighted by atomic mass is 10.1. The molecule has 0 aliphatic rings. The summed E-state index contributed by atoms with van der Waals surface area (Å²) in [6.45, 7) is 4.37. The van der Waals surface area contributed by atoms with Crippen LogP contribution in [0.25, 0.3) is 5.69 Å². The average molecular weight is 344 g/mol. The minimum absolute atomic E-state index is 0.202. The summed E-state index contributed by atoms with van der Waals surface area (Å²) in [7, 11) is 0. The van der Waals surface area contributed by atoms with Gasteiger partial charge in [-0.2, -0.15) is 0 Å². The van der Waals surface area contributed by atoms with E-state index in [-0.39, 0.29) is 12.3 Å². The summed E-state index contributed by atoms with van der Waals surface area (Å²) in [5.74, 6) is -0.998. The quantitative estimate of drug-likeness (QED) is 0.682. The Hall–Kier alpha value is -2.70. The summed E-state index contributed by atoms with van der Waals surface area (Å²) in [5, 5.41) is 19.5. The third-order valence-electron chi connectivity index (χ3n) is 3.96. The van der Waals surface area contributed by atoms with Gasteiger partial charge in [-0.3, -0.25) is 9.59 Å². The van der Waals surface area contributed by atoms with Crippen LogP contribution in [0, 0.1) is 13.8 Å². The molecule has 0 unspecified atom stereocenters. The lowest BCUT2D eigenvalue weighted by molar-refractivity contribution is -0.137. The Kier molecular flexibility index (Phi) is 6.68. The van der Waals surface area contributed by atoms with Gasteiger partial charge in [-0.15, -0.1) is 5.10 Å². The van der Waals surface area contributed by atoms with Gasteiger partial charge in [0.15, 0.2) is 5.69 Å². The van der Waals surface area contributed by atoms with Crippen molar-refractivity contribution in [2.24, 2.45) is 0 Å². The lowest BCUT2D eigenvalue weighted by Gasteiger charge is -2.06. The molecule has 1 aromatic heterocycles. The lowest BCUT2D eigenvalue weighted by Crippen LogP contribution is -2.25. The molecule has 0 saturated carbocycles. The Morgan fingerprint density at radius 1 is 1.16 bits per heavy atom. The first kappa shape index (κ1) is 18.6. The van der Waals surface area contributed by atoms with Crippen molar-refractivity contribution in [1.82, 2.24) is 20.3 Å². The van der Waals surface area contributed by atoms with E-state index >= 15 is 0 Å². The van der Waals surface area contributed by atoms with Crippen molar-refractivity contribution in [3.05, 3.63) is 41.2 Å². The molecule has 0 atom stereocenters. The van der Waals surface area contributed by atoms with E-state index in [1.165, 1.54) is 0 Å². The number of benzene rings is 1. The SMILES string of the molecule is Cc1cccc(-n2nnc(C(=O)NCCCCCCC(=O)O)c2C)c1. The van der Waals surface area contributed by atoms with Crippen LogP contribution in [-0.4, -0.2) is 38.5 Å². The molecule has 0 fully saturated rings. The van der Waals surface area contributed by atoms with Gasteiger partial charge in [-0.05, 0) is 44.4 Å². The number of carbonyl (C=O) groups excluding carboxylic acids is 1. The molecule has 0 bridgehead atoms. The fourth-order valence-electron chi connectivity index (χ4n) is 2.58. The summed E-state index contributed by atoms with van der Waals surface area (Å²) in [6, 6.07) is 7.85. The number of aromatic nitrogens is 3. The number of nitrogens with one attached hydrogen (secondary N) is 1. The van der Waals surface area contributed by atoms with Crippen LogP contribution < -0.4 is 5.32 Å². The zero-order chi connectivity index (χ0) is 18.2. The van der Waals surface area contributed by atoms with Gasteiger partial charge in [0.05, 0.1) is 11.4 Å². The number of hydrogen-bond donors (Lipinski definition) is 2. The number of rotatable bonds is 9. The molecule has 25 heavy (non-hydrogen) atoms. The second-order valence-corrected chi connectivity index (χ2v) is 6.09. The van der Waals surface area contributed by atoms with Crippen molar-refractivity contribution in [3.63, 3.8) is 0 Å². The Bertz CT molecular complexity index is 740. The molecule has 1 amide bonds. The topological polar surface area (TPSA) is 97.1 Å². The summed E-state index contributed by atoms with van der Waals surface area (Å²) < 4.78 is 1.66. The monoisotopic (exact) mass is 344 g/mol. The number of carboxylic acids is 1. The maximum atomic E-state index is 12.3. The van der Waals surface area contributed by atoms with E-state index in [1.807, 2.05) is 38.1 Å². The summed E-state index contributed by atoms with van der Waals surface area (Å²) in [6.07, 6.45) is 3.44. The van der Waals surface area contributed by atoms with Crippen LogP contribution in [0.5, 0.6) is 0 Å². The van der Waals surface area contributed by atoms with Crippen molar-refractivity contribution >= 4 is 11.9 Å². The Morgan fingerprint density at radius 3 is 2.64 bits per heavy atom. The molecule has 0 radical (unpaired) electrons. The minimum Gasteiger partial charge on any atom is -0.481 e. The van der Waals surface area contributed by atoms with Crippen LogP contribution in [-0.2, 0) is 4.79 Å². The molecule has 0 aliphatic heterocycles. The van der Waals surface area contributed by atoms with E-state index in [4.69, 9.17) is 5.11 Å². The van der Waals surface area contributed by atoms with Crippen molar-refractivity contribution < 1.29 is 14.7 Å². The largest absolute Gasteiger partial charge is 0.481 e. The predicted octanol–water partition coefficient (Wildman–Crippen LogP) is 2.65. The van der Waals surface area contributed by atoms with Gasteiger partial charge in [-0.25, -0.2) is 4.68 Å². The Morgan fingerprint density at radius 2 is 1.92 bits per heavy atom. The summed E-state index contributed by atoms with van der Waals surface area (Å²) in [5.41, 5.74) is 3.01. The highest BCUT2D eigenvalue weighted by Crippen LogP contribution is 2.13. The fourth-order valence-corrected chi connectivity index (χ4v) is 2.58. The third kappa shape index (κ3) is 5.41. The molecule has 2 N–H and O–H groups in total. The highest BCUT2D eigenvalue weighted by atomic mass is 16.4. The van der Waals surface area contributed by atoms with E-state index in [0.29, 0.717) is 24.4 Å². The van der Waals surface area contributed by atoms with Gasteiger partial charge in [0.25, 0.3) is 5.91 Å².